The first-order valence-electron chi connectivity index (χ1n) is 8.99. The van der Waals surface area contributed by atoms with E-state index in [1.807, 2.05) is 0 Å². The minimum Gasteiger partial charge on any atom is -0.382 e. The van der Waals surface area contributed by atoms with Crippen LogP contribution in [0.4, 0.5) is 35.1 Å². The standard InChI is InChI=1S/C20H14F8OS/c21-8-5-11-13(22)3-1-10(16(11)14(23)6-8)9-2-4-15(30-20(26,27)28)17-12(9)7-19(24,25)18(17)29/h2,4-6,10,13,18,29H,1,3,7H2/t10-,13-,18-/m0/s1. The maximum atomic E-state index is 14.6. The van der Waals surface area contributed by atoms with Crippen LogP contribution in [0.5, 0.6) is 0 Å². The molecule has 30 heavy (non-hydrogen) atoms. The van der Waals surface area contributed by atoms with Crippen molar-refractivity contribution in [3.63, 3.8) is 0 Å². The molecule has 2 aliphatic rings. The topological polar surface area (TPSA) is 20.2 Å². The van der Waals surface area contributed by atoms with Crippen LogP contribution in [-0.2, 0) is 6.42 Å². The summed E-state index contributed by atoms with van der Waals surface area (Å²) in [5.74, 6) is -6.70. The maximum Gasteiger partial charge on any atom is 0.446 e. The third-order valence-electron chi connectivity index (χ3n) is 5.56. The van der Waals surface area contributed by atoms with Gasteiger partial charge >= 0.3 is 5.51 Å². The van der Waals surface area contributed by atoms with Crippen LogP contribution in [0.1, 0.15) is 58.9 Å². The van der Waals surface area contributed by atoms with Crippen molar-refractivity contribution in [1.82, 2.24) is 0 Å². The van der Waals surface area contributed by atoms with Crippen LogP contribution in [0, 0.1) is 11.6 Å². The lowest BCUT2D eigenvalue weighted by molar-refractivity contribution is -0.0977. The summed E-state index contributed by atoms with van der Waals surface area (Å²) < 4.78 is 110. The van der Waals surface area contributed by atoms with Crippen LogP contribution in [-0.4, -0.2) is 16.5 Å². The SMILES string of the molecule is O[C@H]1c2c(SC(F)(F)F)ccc([C@@H]3CC[C@H](F)c4cc(F)cc(F)c43)c2CC1(F)F. The Morgan fingerprint density at radius 3 is 2.37 bits per heavy atom. The van der Waals surface area contributed by atoms with Gasteiger partial charge in [0.1, 0.15) is 23.9 Å². The van der Waals surface area contributed by atoms with Crippen LogP contribution in [0.3, 0.4) is 0 Å². The molecule has 0 aromatic heterocycles. The van der Waals surface area contributed by atoms with Crippen molar-refractivity contribution in [1.29, 1.82) is 0 Å². The highest BCUT2D eigenvalue weighted by atomic mass is 32.2. The number of aliphatic hydroxyl groups excluding tert-OH is 1. The molecule has 1 N–H and O–H groups in total. The van der Waals surface area contributed by atoms with Gasteiger partial charge in [-0.15, -0.1) is 0 Å². The van der Waals surface area contributed by atoms with Crippen LogP contribution in [0.15, 0.2) is 29.2 Å². The molecule has 2 aliphatic carbocycles. The molecule has 10 heteroatoms. The molecule has 2 aromatic carbocycles. The van der Waals surface area contributed by atoms with E-state index in [2.05, 4.69) is 0 Å². The van der Waals surface area contributed by atoms with Crippen LogP contribution in [0.2, 0.25) is 0 Å². The summed E-state index contributed by atoms with van der Waals surface area (Å²) in [7, 11) is 0. The van der Waals surface area contributed by atoms with Gasteiger partial charge in [0.2, 0.25) is 0 Å². The summed E-state index contributed by atoms with van der Waals surface area (Å²) in [6, 6.07) is 3.53. The van der Waals surface area contributed by atoms with E-state index in [1.165, 1.54) is 6.07 Å². The predicted molar refractivity (Wildman–Crippen MR) is 93.2 cm³/mol. The van der Waals surface area contributed by atoms with Crippen LogP contribution < -0.4 is 0 Å². The van der Waals surface area contributed by atoms with Crippen molar-refractivity contribution in [2.45, 2.75) is 53.8 Å². The first kappa shape index (κ1) is 21.4. The fourth-order valence-corrected chi connectivity index (χ4v) is 5.13. The summed E-state index contributed by atoms with van der Waals surface area (Å²) in [4.78, 5) is -0.565. The van der Waals surface area contributed by atoms with E-state index in [-0.39, 0.29) is 35.1 Å². The van der Waals surface area contributed by atoms with Crippen molar-refractivity contribution < 1.29 is 40.2 Å². The number of alkyl halides is 6. The van der Waals surface area contributed by atoms with Crippen molar-refractivity contribution in [3.8, 4) is 0 Å². The highest BCUT2D eigenvalue weighted by molar-refractivity contribution is 8.00. The van der Waals surface area contributed by atoms with Crippen molar-refractivity contribution in [3.05, 3.63) is 63.7 Å². The average Bonchev–Trinajstić information content (AvgIpc) is 2.85. The van der Waals surface area contributed by atoms with E-state index in [1.54, 1.807) is 0 Å². The fourth-order valence-electron chi connectivity index (χ4n) is 4.40. The number of aliphatic hydroxyl groups is 1. The third-order valence-corrected chi connectivity index (χ3v) is 6.37. The Bertz CT molecular complexity index is 1000. The Morgan fingerprint density at radius 2 is 1.70 bits per heavy atom. The first-order valence-corrected chi connectivity index (χ1v) is 9.81. The number of hydrogen-bond donors (Lipinski definition) is 1. The second-order valence-electron chi connectivity index (χ2n) is 7.42. The predicted octanol–water partition coefficient (Wildman–Crippen LogP) is 6.74. The van der Waals surface area contributed by atoms with E-state index in [4.69, 9.17) is 0 Å². The zero-order chi connectivity index (χ0) is 22.0. The Morgan fingerprint density at radius 1 is 1.00 bits per heavy atom. The normalized spacial score (nSPS) is 25.2. The Hall–Kier alpha value is -1.81. The molecule has 3 atom stereocenters. The van der Waals surface area contributed by atoms with Crippen molar-refractivity contribution in [2.24, 2.45) is 0 Å². The number of fused-ring (bicyclic) bond motifs is 2. The van der Waals surface area contributed by atoms with Gasteiger partial charge in [-0.05, 0) is 53.4 Å². The Labute approximate surface area is 170 Å². The molecular weight excluding hydrogens is 440 g/mol. The Balaban J connectivity index is 1.90. The highest BCUT2D eigenvalue weighted by Crippen LogP contribution is 2.54. The van der Waals surface area contributed by atoms with E-state index >= 15 is 0 Å². The minimum absolute atomic E-state index is 0.00339. The molecule has 2 aromatic rings. The molecule has 0 saturated carbocycles. The maximum absolute atomic E-state index is 14.6. The second-order valence-corrected chi connectivity index (χ2v) is 8.53. The molecule has 0 unspecified atom stereocenters. The van der Waals surface area contributed by atoms with E-state index in [0.29, 0.717) is 6.07 Å². The van der Waals surface area contributed by atoms with Gasteiger partial charge in [-0.1, -0.05) is 6.07 Å². The largest absolute Gasteiger partial charge is 0.446 e. The number of rotatable bonds is 2. The lowest BCUT2D eigenvalue weighted by Gasteiger charge is -2.30. The van der Waals surface area contributed by atoms with Crippen LogP contribution in [0.25, 0.3) is 0 Å². The quantitative estimate of drug-likeness (QED) is 0.401. The van der Waals surface area contributed by atoms with Crippen molar-refractivity contribution >= 4 is 11.8 Å². The molecule has 0 aliphatic heterocycles. The van der Waals surface area contributed by atoms with Gasteiger partial charge in [0.25, 0.3) is 5.92 Å². The summed E-state index contributed by atoms with van der Waals surface area (Å²) in [5, 5.41) is 10.0. The molecule has 1 nitrogen and oxygen atoms in total. The zero-order valence-corrected chi connectivity index (χ0v) is 15.9. The fraction of sp³-hybridized carbons (Fsp3) is 0.400. The van der Waals surface area contributed by atoms with E-state index in [0.717, 1.165) is 12.1 Å². The lowest BCUT2D eigenvalue weighted by Crippen LogP contribution is -2.22. The molecular formula is C20H14F8OS. The molecule has 0 radical (unpaired) electrons. The van der Waals surface area contributed by atoms with E-state index in [9.17, 15) is 40.2 Å². The van der Waals surface area contributed by atoms with Gasteiger partial charge in [0, 0.05) is 34.4 Å². The first-order chi connectivity index (χ1) is 13.9. The molecule has 0 saturated heterocycles. The summed E-state index contributed by atoms with van der Waals surface area (Å²) in [5.41, 5.74) is -5.87. The number of thioether (sulfide) groups is 1. The Kier molecular flexibility index (Phi) is 5.08. The molecule has 162 valence electrons. The number of hydrogen-bond acceptors (Lipinski definition) is 2. The molecule has 0 amide bonds. The van der Waals surface area contributed by atoms with Crippen molar-refractivity contribution in [2.75, 3.05) is 0 Å². The summed E-state index contributed by atoms with van der Waals surface area (Å²) in [6.45, 7) is 0. The molecule has 0 fully saturated rings. The van der Waals surface area contributed by atoms with Gasteiger partial charge in [0.15, 0.2) is 0 Å². The third kappa shape index (κ3) is 3.57. The molecule has 0 spiro atoms. The molecule has 4 rings (SSSR count). The highest BCUT2D eigenvalue weighted by Gasteiger charge is 2.50. The molecule has 0 bridgehead atoms. The second kappa shape index (κ2) is 7.12. The number of halogens is 8. The smallest absolute Gasteiger partial charge is 0.382 e. The van der Waals surface area contributed by atoms with Gasteiger partial charge in [-0.25, -0.2) is 22.0 Å². The van der Waals surface area contributed by atoms with Crippen LogP contribution >= 0.6 is 11.8 Å². The van der Waals surface area contributed by atoms with Gasteiger partial charge in [-0.3, -0.25) is 0 Å². The monoisotopic (exact) mass is 454 g/mol. The van der Waals surface area contributed by atoms with E-state index < -0.39 is 69.9 Å². The summed E-state index contributed by atoms with van der Waals surface area (Å²) in [6.07, 6.45) is -5.27. The summed E-state index contributed by atoms with van der Waals surface area (Å²) >= 11 is -0.620. The number of benzene rings is 2. The average molecular weight is 454 g/mol. The van der Waals surface area contributed by atoms with Gasteiger partial charge in [0.05, 0.1) is 0 Å². The van der Waals surface area contributed by atoms with Gasteiger partial charge in [-0.2, -0.15) is 13.2 Å². The minimum atomic E-state index is -4.77. The molecule has 0 heterocycles. The zero-order valence-electron chi connectivity index (χ0n) is 15.0. The lowest BCUT2D eigenvalue weighted by atomic mass is 9.76. The van der Waals surface area contributed by atoms with Gasteiger partial charge < -0.3 is 5.11 Å².